The van der Waals surface area contributed by atoms with Gasteiger partial charge in [0.25, 0.3) is 0 Å². The average molecular weight is 302 g/mol. The van der Waals surface area contributed by atoms with Crippen LogP contribution in [0.2, 0.25) is 0 Å². The fraction of sp³-hybridized carbons (Fsp3) is 0.538. The quantitative estimate of drug-likeness (QED) is 0.749. The van der Waals surface area contributed by atoms with Gasteiger partial charge in [0.05, 0.1) is 11.1 Å². The van der Waals surface area contributed by atoms with E-state index in [2.05, 4.69) is 33.4 Å². The summed E-state index contributed by atoms with van der Waals surface area (Å²) < 4.78 is 11.7. The lowest BCUT2D eigenvalue weighted by molar-refractivity contribution is 0.184. The van der Waals surface area contributed by atoms with E-state index in [9.17, 15) is 0 Å². The summed E-state index contributed by atoms with van der Waals surface area (Å²) in [6.07, 6.45) is 2.05. The van der Waals surface area contributed by atoms with Crippen molar-refractivity contribution in [2.45, 2.75) is 19.4 Å². The number of unbranched alkanes of at least 4 members (excludes halogenated alkanes) is 1. The van der Waals surface area contributed by atoms with E-state index in [1.165, 1.54) is 5.56 Å². The predicted molar refractivity (Wildman–Crippen MR) is 73.5 cm³/mol. The van der Waals surface area contributed by atoms with Crippen LogP contribution in [0.3, 0.4) is 0 Å². The normalized spacial score (nSPS) is 10.5. The summed E-state index contributed by atoms with van der Waals surface area (Å²) in [7, 11) is 3.66. The number of hydrogen-bond acceptors (Lipinski definition) is 3. The molecule has 0 unspecified atom stereocenters. The van der Waals surface area contributed by atoms with Crippen molar-refractivity contribution in [2.24, 2.45) is 0 Å². The lowest BCUT2D eigenvalue weighted by Crippen LogP contribution is -2.05. The van der Waals surface area contributed by atoms with Crippen molar-refractivity contribution >= 4 is 15.9 Å². The fourth-order valence-electron chi connectivity index (χ4n) is 1.51. The molecule has 1 N–H and O–H groups in total. The highest BCUT2D eigenvalue weighted by atomic mass is 79.9. The van der Waals surface area contributed by atoms with Gasteiger partial charge in [-0.05, 0) is 53.5 Å². The van der Waals surface area contributed by atoms with Crippen LogP contribution in [0.15, 0.2) is 22.7 Å². The zero-order valence-electron chi connectivity index (χ0n) is 10.5. The van der Waals surface area contributed by atoms with Crippen molar-refractivity contribution in [3.8, 4) is 5.75 Å². The highest BCUT2D eigenvalue weighted by Crippen LogP contribution is 2.26. The highest BCUT2D eigenvalue weighted by Gasteiger charge is 2.02. The topological polar surface area (TPSA) is 30.5 Å². The molecule has 0 bridgehead atoms. The van der Waals surface area contributed by atoms with Crippen molar-refractivity contribution in [1.29, 1.82) is 0 Å². The third-order valence-corrected chi connectivity index (χ3v) is 3.00. The molecule has 0 atom stereocenters. The zero-order valence-corrected chi connectivity index (χ0v) is 12.0. The van der Waals surface area contributed by atoms with Crippen LogP contribution in [0.1, 0.15) is 18.4 Å². The van der Waals surface area contributed by atoms with E-state index in [0.717, 1.165) is 42.8 Å². The maximum absolute atomic E-state index is 5.69. The van der Waals surface area contributed by atoms with Crippen LogP contribution in [0.5, 0.6) is 5.75 Å². The van der Waals surface area contributed by atoms with Gasteiger partial charge in [-0.15, -0.1) is 0 Å². The Labute approximate surface area is 112 Å². The molecule has 0 spiro atoms. The van der Waals surface area contributed by atoms with Gasteiger partial charge >= 0.3 is 0 Å². The number of nitrogens with one attached hydrogen (secondary N) is 1. The molecule has 0 heterocycles. The minimum absolute atomic E-state index is 0.729. The second-order valence-electron chi connectivity index (χ2n) is 3.84. The molecular formula is C13H20BrNO2. The van der Waals surface area contributed by atoms with Gasteiger partial charge in [0.15, 0.2) is 0 Å². The second kappa shape index (κ2) is 8.50. The molecule has 17 heavy (non-hydrogen) atoms. The molecule has 0 aliphatic heterocycles. The van der Waals surface area contributed by atoms with Gasteiger partial charge in [-0.3, -0.25) is 0 Å². The summed E-state index contributed by atoms with van der Waals surface area (Å²) in [5.74, 6) is 0.905. The Morgan fingerprint density at radius 3 is 2.65 bits per heavy atom. The SMILES string of the molecule is CNCc1ccc(OCCCCOC)c(Br)c1. The average Bonchev–Trinajstić information content (AvgIpc) is 2.32. The van der Waals surface area contributed by atoms with Gasteiger partial charge in [0.1, 0.15) is 5.75 Å². The Bertz CT molecular complexity index is 331. The van der Waals surface area contributed by atoms with Crippen molar-refractivity contribution in [3.05, 3.63) is 28.2 Å². The first-order valence-electron chi connectivity index (χ1n) is 5.82. The van der Waals surface area contributed by atoms with Crippen molar-refractivity contribution < 1.29 is 9.47 Å². The molecule has 96 valence electrons. The van der Waals surface area contributed by atoms with E-state index in [1.54, 1.807) is 7.11 Å². The number of benzene rings is 1. The Kier molecular flexibility index (Phi) is 7.24. The molecule has 4 heteroatoms. The van der Waals surface area contributed by atoms with Crippen LogP contribution in [0.25, 0.3) is 0 Å². The predicted octanol–water partition coefficient (Wildman–Crippen LogP) is 2.97. The third kappa shape index (κ3) is 5.52. The Balaban J connectivity index is 2.38. The monoisotopic (exact) mass is 301 g/mol. The Morgan fingerprint density at radius 1 is 1.24 bits per heavy atom. The van der Waals surface area contributed by atoms with Crippen LogP contribution in [0.4, 0.5) is 0 Å². The summed E-state index contributed by atoms with van der Waals surface area (Å²) in [5.41, 5.74) is 1.24. The first-order valence-corrected chi connectivity index (χ1v) is 6.62. The maximum Gasteiger partial charge on any atom is 0.133 e. The molecule has 1 aromatic carbocycles. The van der Waals surface area contributed by atoms with Gasteiger partial charge in [-0.1, -0.05) is 6.07 Å². The number of halogens is 1. The maximum atomic E-state index is 5.69. The van der Waals surface area contributed by atoms with Gasteiger partial charge < -0.3 is 14.8 Å². The van der Waals surface area contributed by atoms with E-state index < -0.39 is 0 Å². The molecule has 0 saturated heterocycles. The fourth-order valence-corrected chi connectivity index (χ4v) is 2.05. The van der Waals surface area contributed by atoms with Gasteiger partial charge in [-0.2, -0.15) is 0 Å². The van der Waals surface area contributed by atoms with Crippen LogP contribution < -0.4 is 10.1 Å². The minimum Gasteiger partial charge on any atom is -0.492 e. The van der Waals surface area contributed by atoms with Crippen LogP contribution in [-0.4, -0.2) is 27.4 Å². The van der Waals surface area contributed by atoms with E-state index in [1.807, 2.05) is 13.1 Å². The van der Waals surface area contributed by atoms with E-state index in [4.69, 9.17) is 9.47 Å². The Hall–Kier alpha value is -0.580. The molecule has 0 saturated carbocycles. The lowest BCUT2D eigenvalue weighted by atomic mass is 10.2. The summed E-state index contributed by atoms with van der Waals surface area (Å²) in [6.45, 7) is 2.39. The molecule has 0 radical (unpaired) electrons. The first-order chi connectivity index (χ1) is 8.27. The molecule has 1 rings (SSSR count). The van der Waals surface area contributed by atoms with E-state index in [-0.39, 0.29) is 0 Å². The third-order valence-electron chi connectivity index (χ3n) is 2.38. The molecule has 0 aliphatic rings. The van der Waals surface area contributed by atoms with E-state index >= 15 is 0 Å². The number of methoxy groups -OCH3 is 1. The summed E-state index contributed by atoms with van der Waals surface area (Å²) in [5, 5.41) is 3.12. The van der Waals surface area contributed by atoms with Crippen molar-refractivity contribution in [2.75, 3.05) is 27.4 Å². The van der Waals surface area contributed by atoms with Gasteiger partial charge in [0, 0.05) is 20.3 Å². The molecule has 1 aromatic rings. The summed E-state index contributed by atoms with van der Waals surface area (Å²) in [6, 6.07) is 6.17. The Morgan fingerprint density at radius 2 is 2.00 bits per heavy atom. The molecule has 0 aromatic heterocycles. The van der Waals surface area contributed by atoms with Crippen molar-refractivity contribution in [1.82, 2.24) is 5.32 Å². The molecule has 0 fully saturated rings. The first kappa shape index (κ1) is 14.5. The van der Waals surface area contributed by atoms with Crippen LogP contribution in [0, 0.1) is 0 Å². The highest BCUT2D eigenvalue weighted by molar-refractivity contribution is 9.10. The number of hydrogen-bond donors (Lipinski definition) is 1. The molecule has 0 amide bonds. The van der Waals surface area contributed by atoms with Gasteiger partial charge in [-0.25, -0.2) is 0 Å². The summed E-state index contributed by atoms with van der Waals surface area (Å²) >= 11 is 3.52. The summed E-state index contributed by atoms with van der Waals surface area (Å²) in [4.78, 5) is 0. The van der Waals surface area contributed by atoms with Crippen molar-refractivity contribution in [3.63, 3.8) is 0 Å². The second-order valence-corrected chi connectivity index (χ2v) is 4.70. The zero-order chi connectivity index (χ0) is 12.5. The molecular weight excluding hydrogens is 282 g/mol. The molecule has 3 nitrogen and oxygen atoms in total. The van der Waals surface area contributed by atoms with Gasteiger partial charge in [0.2, 0.25) is 0 Å². The van der Waals surface area contributed by atoms with Crippen LogP contribution >= 0.6 is 15.9 Å². The standard InChI is InChI=1S/C13H20BrNO2/c1-15-10-11-5-6-13(12(14)9-11)17-8-4-3-7-16-2/h5-6,9,15H,3-4,7-8,10H2,1-2H3. The lowest BCUT2D eigenvalue weighted by Gasteiger charge is -2.09. The number of ether oxygens (including phenoxy) is 2. The molecule has 0 aliphatic carbocycles. The van der Waals surface area contributed by atoms with Crippen LogP contribution in [-0.2, 0) is 11.3 Å². The number of rotatable bonds is 8. The smallest absolute Gasteiger partial charge is 0.133 e. The largest absolute Gasteiger partial charge is 0.492 e. The minimum atomic E-state index is 0.729. The van der Waals surface area contributed by atoms with E-state index in [0.29, 0.717) is 0 Å².